The maximum Gasteiger partial charge on any atom is 0.0829 e. The lowest BCUT2D eigenvalue weighted by atomic mass is 9.93. The van der Waals surface area contributed by atoms with Gasteiger partial charge in [0.05, 0.1) is 18.4 Å². The summed E-state index contributed by atoms with van der Waals surface area (Å²) in [6.07, 6.45) is 2.24. The smallest absolute Gasteiger partial charge is 0.0829 e. The molecule has 0 bridgehead atoms. The van der Waals surface area contributed by atoms with E-state index in [1.807, 2.05) is 0 Å². The van der Waals surface area contributed by atoms with Crippen LogP contribution in [0.5, 0.6) is 0 Å². The lowest BCUT2D eigenvalue weighted by Crippen LogP contribution is -2.52. The average Bonchev–Trinajstić information content (AvgIpc) is 2.47. The predicted molar refractivity (Wildman–Crippen MR) is 80.5 cm³/mol. The van der Waals surface area contributed by atoms with E-state index < -0.39 is 0 Å². The standard InChI is InChI=1S/C15H29N3O2/c1-4-13-9-17(6-5-15(13)16-19)10-14-11-18(12(2)3)7-8-20-14/h12-14,19H,4-11H2,1-3H3. The predicted octanol–water partition coefficient (Wildman–Crippen LogP) is 1.66. The zero-order chi connectivity index (χ0) is 14.5. The minimum absolute atomic E-state index is 0.316. The maximum atomic E-state index is 9.03. The maximum absolute atomic E-state index is 9.03. The summed E-state index contributed by atoms with van der Waals surface area (Å²) in [6, 6.07) is 0.597. The van der Waals surface area contributed by atoms with Crippen LogP contribution in [-0.2, 0) is 4.74 Å². The number of oxime groups is 1. The van der Waals surface area contributed by atoms with Crippen LogP contribution in [-0.4, -0.2) is 72.2 Å². The summed E-state index contributed by atoms with van der Waals surface area (Å²) in [5, 5.41) is 12.5. The molecule has 2 saturated heterocycles. The van der Waals surface area contributed by atoms with Gasteiger partial charge in [0, 0.05) is 51.1 Å². The first kappa shape index (κ1) is 15.7. The molecule has 0 aromatic carbocycles. The van der Waals surface area contributed by atoms with Crippen LogP contribution in [0.3, 0.4) is 0 Å². The van der Waals surface area contributed by atoms with Crippen LogP contribution >= 0.6 is 0 Å². The zero-order valence-electron chi connectivity index (χ0n) is 13.1. The Bertz CT molecular complexity index is 333. The number of piperidine rings is 1. The molecule has 0 amide bonds. The second-order valence-corrected chi connectivity index (χ2v) is 6.29. The van der Waals surface area contributed by atoms with Gasteiger partial charge in [0.2, 0.25) is 0 Å². The van der Waals surface area contributed by atoms with Crippen LogP contribution in [0.2, 0.25) is 0 Å². The van der Waals surface area contributed by atoms with Crippen molar-refractivity contribution in [1.82, 2.24) is 9.80 Å². The van der Waals surface area contributed by atoms with Crippen molar-refractivity contribution < 1.29 is 9.94 Å². The van der Waals surface area contributed by atoms with Gasteiger partial charge in [0.15, 0.2) is 0 Å². The molecule has 2 fully saturated rings. The molecule has 2 aliphatic heterocycles. The van der Waals surface area contributed by atoms with Crippen LogP contribution < -0.4 is 0 Å². The molecule has 2 heterocycles. The topological polar surface area (TPSA) is 48.3 Å². The first-order valence-corrected chi connectivity index (χ1v) is 7.92. The SMILES string of the molecule is CCC1CN(CC2CN(C(C)C)CCO2)CCC1=NO. The largest absolute Gasteiger partial charge is 0.411 e. The van der Waals surface area contributed by atoms with Crippen molar-refractivity contribution in [2.24, 2.45) is 11.1 Å². The molecule has 2 atom stereocenters. The Balaban J connectivity index is 1.84. The van der Waals surface area contributed by atoms with Crippen molar-refractivity contribution in [2.75, 3.05) is 39.3 Å². The highest BCUT2D eigenvalue weighted by Gasteiger charge is 2.29. The van der Waals surface area contributed by atoms with E-state index in [0.29, 0.717) is 18.1 Å². The van der Waals surface area contributed by atoms with E-state index in [1.54, 1.807) is 0 Å². The molecule has 2 unspecified atom stereocenters. The molecule has 0 saturated carbocycles. The number of nitrogens with zero attached hydrogens (tertiary/aromatic N) is 3. The zero-order valence-corrected chi connectivity index (χ0v) is 13.1. The van der Waals surface area contributed by atoms with Crippen LogP contribution in [0.15, 0.2) is 5.16 Å². The Labute approximate surface area is 122 Å². The van der Waals surface area contributed by atoms with Crippen LogP contribution in [0, 0.1) is 5.92 Å². The molecule has 1 N–H and O–H groups in total. The second-order valence-electron chi connectivity index (χ2n) is 6.29. The molecule has 0 aromatic rings. The molecule has 0 aromatic heterocycles. The van der Waals surface area contributed by atoms with Gasteiger partial charge in [0.25, 0.3) is 0 Å². The Morgan fingerprint density at radius 3 is 2.80 bits per heavy atom. The third-order valence-corrected chi connectivity index (χ3v) is 4.62. The lowest BCUT2D eigenvalue weighted by Gasteiger charge is -2.39. The van der Waals surface area contributed by atoms with Crippen LogP contribution in [0.25, 0.3) is 0 Å². The quantitative estimate of drug-likeness (QED) is 0.630. The molecule has 0 spiro atoms. The average molecular weight is 283 g/mol. The molecule has 5 nitrogen and oxygen atoms in total. The van der Waals surface area contributed by atoms with Crippen LogP contribution in [0.1, 0.15) is 33.6 Å². The fourth-order valence-electron chi connectivity index (χ4n) is 3.26. The number of hydrogen-bond acceptors (Lipinski definition) is 5. The summed E-state index contributed by atoms with van der Waals surface area (Å²) >= 11 is 0. The van der Waals surface area contributed by atoms with Crippen molar-refractivity contribution in [3.05, 3.63) is 0 Å². The Hall–Kier alpha value is -0.650. The normalized spacial score (nSPS) is 32.1. The first-order valence-electron chi connectivity index (χ1n) is 7.92. The molecule has 0 radical (unpaired) electrons. The van der Waals surface area contributed by atoms with Gasteiger partial charge in [0.1, 0.15) is 0 Å². The van der Waals surface area contributed by atoms with E-state index >= 15 is 0 Å². The van der Waals surface area contributed by atoms with E-state index in [1.165, 1.54) is 0 Å². The van der Waals surface area contributed by atoms with Crippen molar-refractivity contribution in [3.63, 3.8) is 0 Å². The fourth-order valence-corrected chi connectivity index (χ4v) is 3.26. The number of morpholine rings is 1. The third kappa shape index (κ3) is 3.93. The van der Waals surface area contributed by atoms with E-state index in [0.717, 1.165) is 57.9 Å². The second kappa shape index (κ2) is 7.38. The molecule has 5 heteroatoms. The van der Waals surface area contributed by atoms with Crippen molar-refractivity contribution in [1.29, 1.82) is 0 Å². The molecule has 116 valence electrons. The third-order valence-electron chi connectivity index (χ3n) is 4.62. The number of likely N-dealkylation sites (tertiary alicyclic amines) is 1. The lowest BCUT2D eigenvalue weighted by molar-refractivity contribution is -0.0534. The monoisotopic (exact) mass is 283 g/mol. The van der Waals surface area contributed by atoms with Gasteiger partial charge in [-0.2, -0.15) is 0 Å². The minimum Gasteiger partial charge on any atom is -0.411 e. The highest BCUT2D eigenvalue weighted by atomic mass is 16.5. The van der Waals surface area contributed by atoms with Gasteiger partial charge in [-0.05, 0) is 20.3 Å². The molecular weight excluding hydrogens is 254 g/mol. The molecule has 20 heavy (non-hydrogen) atoms. The first-order chi connectivity index (χ1) is 9.63. The van der Waals surface area contributed by atoms with Gasteiger partial charge in [-0.15, -0.1) is 0 Å². The molecular formula is C15H29N3O2. The fraction of sp³-hybridized carbons (Fsp3) is 0.933. The highest BCUT2D eigenvalue weighted by Crippen LogP contribution is 2.19. The minimum atomic E-state index is 0.316. The number of rotatable bonds is 4. The molecule has 2 aliphatic rings. The van der Waals surface area contributed by atoms with E-state index in [4.69, 9.17) is 9.94 Å². The summed E-state index contributed by atoms with van der Waals surface area (Å²) in [5.41, 5.74) is 0.970. The summed E-state index contributed by atoms with van der Waals surface area (Å²) in [7, 11) is 0. The number of hydrogen-bond donors (Lipinski definition) is 1. The van der Waals surface area contributed by atoms with Gasteiger partial charge in [-0.1, -0.05) is 12.1 Å². The van der Waals surface area contributed by atoms with E-state index in [-0.39, 0.29) is 0 Å². The summed E-state index contributed by atoms with van der Waals surface area (Å²) in [6.45, 7) is 12.6. The number of ether oxygens (including phenoxy) is 1. The van der Waals surface area contributed by atoms with Crippen molar-refractivity contribution in [2.45, 2.75) is 45.8 Å². The van der Waals surface area contributed by atoms with Crippen LogP contribution in [0.4, 0.5) is 0 Å². The van der Waals surface area contributed by atoms with Crippen molar-refractivity contribution in [3.8, 4) is 0 Å². The van der Waals surface area contributed by atoms with Gasteiger partial charge in [-0.3, -0.25) is 9.80 Å². The summed E-state index contributed by atoms with van der Waals surface area (Å²) < 4.78 is 5.92. The van der Waals surface area contributed by atoms with Gasteiger partial charge < -0.3 is 9.94 Å². The Kier molecular flexibility index (Phi) is 5.81. The van der Waals surface area contributed by atoms with E-state index in [9.17, 15) is 0 Å². The Morgan fingerprint density at radius 2 is 2.15 bits per heavy atom. The molecule has 2 rings (SSSR count). The van der Waals surface area contributed by atoms with Gasteiger partial charge >= 0.3 is 0 Å². The Morgan fingerprint density at radius 1 is 1.35 bits per heavy atom. The van der Waals surface area contributed by atoms with E-state index in [2.05, 4.69) is 35.7 Å². The van der Waals surface area contributed by atoms with Gasteiger partial charge in [-0.25, -0.2) is 0 Å². The van der Waals surface area contributed by atoms with Crippen molar-refractivity contribution >= 4 is 5.71 Å². The summed E-state index contributed by atoms with van der Waals surface area (Å²) in [5.74, 6) is 0.401. The highest BCUT2D eigenvalue weighted by molar-refractivity contribution is 5.87. The molecule has 0 aliphatic carbocycles. The summed E-state index contributed by atoms with van der Waals surface area (Å²) in [4.78, 5) is 4.97.